The number of carbonyl (C=O) groups excluding carboxylic acids is 2. The Morgan fingerprint density at radius 1 is 1.00 bits per heavy atom. The number of rotatable bonds is 4. The van der Waals surface area contributed by atoms with Crippen molar-refractivity contribution in [1.82, 2.24) is 9.78 Å². The Morgan fingerprint density at radius 2 is 1.67 bits per heavy atom. The molecule has 3 aromatic rings. The minimum absolute atomic E-state index is 0.271. The van der Waals surface area contributed by atoms with Crippen LogP contribution < -0.4 is 11.1 Å². The van der Waals surface area contributed by atoms with Crippen LogP contribution in [0.5, 0.6) is 0 Å². The number of nitrogens with zero attached hydrogens (tertiary/aromatic N) is 2. The van der Waals surface area contributed by atoms with Crippen molar-refractivity contribution in [2.24, 2.45) is 12.8 Å². The Bertz CT molecular complexity index is 900. The van der Waals surface area contributed by atoms with Crippen LogP contribution in [0.15, 0.2) is 60.8 Å². The Balaban J connectivity index is 2.01. The summed E-state index contributed by atoms with van der Waals surface area (Å²) in [7, 11) is 1.74. The van der Waals surface area contributed by atoms with Crippen LogP contribution in [0.4, 0.5) is 5.82 Å². The van der Waals surface area contributed by atoms with Crippen molar-refractivity contribution in [3.63, 3.8) is 0 Å². The molecule has 24 heavy (non-hydrogen) atoms. The first-order chi connectivity index (χ1) is 11.6. The van der Waals surface area contributed by atoms with E-state index in [-0.39, 0.29) is 5.91 Å². The third kappa shape index (κ3) is 3.03. The van der Waals surface area contributed by atoms with Crippen LogP contribution in [0, 0.1) is 0 Å². The van der Waals surface area contributed by atoms with Crippen LogP contribution in [0.25, 0.3) is 11.1 Å². The molecule has 2 aromatic carbocycles. The third-order valence-electron chi connectivity index (χ3n) is 3.58. The SMILES string of the molecule is Cn1cc(-c2ccccc2C(N)=O)c(NC(=O)c2ccccc2)n1. The van der Waals surface area contributed by atoms with E-state index in [0.29, 0.717) is 28.1 Å². The van der Waals surface area contributed by atoms with Gasteiger partial charge in [0.25, 0.3) is 5.91 Å². The number of primary amides is 1. The van der Waals surface area contributed by atoms with Crippen molar-refractivity contribution >= 4 is 17.6 Å². The Labute approximate surface area is 138 Å². The summed E-state index contributed by atoms with van der Waals surface area (Å²) in [5.74, 6) is -0.429. The van der Waals surface area contributed by atoms with E-state index in [1.807, 2.05) is 6.07 Å². The second-order valence-electron chi connectivity index (χ2n) is 5.30. The van der Waals surface area contributed by atoms with E-state index in [2.05, 4.69) is 10.4 Å². The highest BCUT2D eigenvalue weighted by Gasteiger charge is 2.18. The van der Waals surface area contributed by atoms with E-state index in [1.165, 1.54) is 0 Å². The molecule has 1 heterocycles. The van der Waals surface area contributed by atoms with Gasteiger partial charge in [0.2, 0.25) is 5.91 Å². The summed E-state index contributed by atoms with van der Waals surface area (Å²) in [6.45, 7) is 0. The minimum atomic E-state index is -0.533. The predicted octanol–water partition coefficient (Wildman–Crippen LogP) is 2.44. The van der Waals surface area contributed by atoms with E-state index in [1.54, 1.807) is 66.5 Å². The van der Waals surface area contributed by atoms with Crippen LogP contribution in [-0.4, -0.2) is 21.6 Å². The monoisotopic (exact) mass is 320 g/mol. The number of anilines is 1. The Hall–Kier alpha value is -3.41. The number of benzene rings is 2. The van der Waals surface area contributed by atoms with Crippen molar-refractivity contribution in [2.75, 3.05) is 5.32 Å². The molecule has 1 aromatic heterocycles. The van der Waals surface area contributed by atoms with Gasteiger partial charge in [-0.3, -0.25) is 14.3 Å². The zero-order valence-corrected chi connectivity index (χ0v) is 13.1. The summed E-state index contributed by atoms with van der Waals surface area (Å²) in [6.07, 6.45) is 1.74. The van der Waals surface area contributed by atoms with Crippen LogP contribution in [0.2, 0.25) is 0 Å². The van der Waals surface area contributed by atoms with Crippen LogP contribution in [-0.2, 0) is 7.05 Å². The van der Waals surface area contributed by atoms with E-state index in [9.17, 15) is 9.59 Å². The summed E-state index contributed by atoms with van der Waals surface area (Å²) >= 11 is 0. The van der Waals surface area contributed by atoms with Crippen molar-refractivity contribution in [2.45, 2.75) is 0 Å². The molecule has 0 aliphatic heterocycles. The summed E-state index contributed by atoms with van der Waals surface area (Å²) < 4.78 is 1.58. The van der Waals surface area contributed by atoms with E-state index in [0.717, 1.165) is 0 Å². The highest BCUT2D eigenvalue weighted by molar-refractivity contribution is 6.07. The van der Waals surface area contributed by atoms with Gasteiger partial charge in [0.05, 0.1) is 0 Å². The second-order valence-corrected chi connectivity index (χ2v) is 5.30. The maximum absolute atomic E-state index is 12.4. The van der Waals surface area contributed by atoms with Gasteiger partial charge in [0, 0.05) is 29.9 Å². The lowest BCUT2D eigenvalue weighted by molar-refractivity contribution is 0.0998. The largest absolute Gasteiger partial charge is 0.366 e. The van der Waals surface area contributed by atoms with Crippen LogP contribution >= 0.6 is 0 Å². The van der Waals surface area contributed by atoms with Crippen LogP contribution in [0.1, 0.15) is 20.7 Å². The number of nitrogens with one attached hydrogen (secondary N) is 1. The molecule has 0 saturated heterocycles. The molecular weight excluding hydrogens is 304 g/mol. The fraction of sp³-hybridized carbons (Fsp3) is 0.0556. The number of nitrogens with two attached hydrogens (primary N) is 1. The fourth-order valence-electron chi connectivity index (χ4n) is 2.48. The molecule has 0 aliphatic carbocycles. The van der Waals surface area contributed by atoms with E-state index in [4.69, 9.17) is 5.73 Å². The molecule has 120 valence electrons. The topological polar surface area (TPSA) is 90.0 Å². The summed E-state index contributed by atoms with van der Waals surface area (Å²) in [5, 5.41) is 7.07. The molecule has 0 aliphatic rings. The zero-order chi connectivity index (χ0) is 17.1. The molecule has 0 saturated carbocycles. The molecule has 0 fully saturated rings. The van der Waals surface area contributed by atoms with Gasteiger partial charge in [-0.05, 0) is 23.8 Å². The molecule has 2 amide bonds. The standard InChI is InChI=1S/C18H16N4O2/c1-22-11-15(13-9-5-6-10-14(13)16(19)23)17(21-22)20-18(24)12-7-3-2-4-8-12/h2-11H,1H3,(H2,19,23)(H,20,21,24). The first-order valence-corrected chi connectivity index (χ1v) is 7.35. The summed E-state index contributed by atoms with van der Waals surface area (Å²) in [5.41, 5.74) is 7.61. The maximum Gasteiger partial charge on any atom is 0.256 e. The average Bonchev–Trinajstić information content (AvgIpc) is 2.95. The average molecular weight is 320 g/mol. The molecule has 6 heteroatoms. The lowest BCUT2D eigenvalue weighted by Gasteiger charge is -2.08. The summed E-state index contributed by atoms with van der Waals surface area (Å²) in [4.78, 5) is 24.0. The van der Waals surface area contributed by atoms with Gasteiger partial charge in [-0.15, -0.1) is 0 Å². The Kier molecular flexibility index (Phi) is 4.11. The second kappa shape index (κ2) is 6.37. The van der Waals surface area contributed by atoms with Gasteiger partial charge in [0.15, 0.2) is 5.82 Å². The Morgan fingerprint density at radius 3 is 2.38 bits per heavy atom. The normalized spacial score (nSPS) is 10.4. The van der Waals surface area contributed by atoms with Crippen molar-refractivity contribution in [3.8, 4) is 11.1 Å². The van der Waals surface area contributed by atoms with Gasteiger partial charge >= 0.3 is 0 Å². The number of aromatic nitrogens is 2. The number of hydrogen-bond donors (Lipinski definition) is 2. The quantitative estimate of drug-likeness (QED) is 0.773. The lowest BCUT2D eigenvalue weighted by atomic mass is 10.0. The molecule has 0 radical (unpaired) electrons. The highest BCUT2D eigenvalue weighted by Crippen LogP contribution is 2.29. The van der Waals surface area contributed by atoms with Crippen molar-refractivity contribution < 1.29 is 9.59 Å². The van der Waals surface area contributed by atoms with Gasteiger partial charge in [-0.2, -0.15) is 5.10 Å². The van der Waals surface area contributed by atoms with E-state index < -0.39 is 5.91 Å². The highest BCUT2D eigenvalue weighted by atomic mass is 16.2. The minimum Gasteiger partial charge on any atom is -0.366 e. The first kappa shape index (κ1) is 15.5. The fourth-order valence-corrected chi connectivity index (χ4v) is 2.48. The first-order valence-electron chi connectivity index (χ1n) is 7.35. The predicted molar refractivity (Wildman–Crippen MR) is 91.6 cm³/mol. The molecule has 6 nitrogen and oxygen atoms in total. The molecule has 0 bridgehead atoms. The van der Waals surface area contributed by atoms with Gasteiger partial charge in [-0.25, -0.2) is 0 Å². The third-order valence-corrected chi connectivity index (χ3v) is 3.58. The number of amides is 2. The number of hydrogen-bond acceptors (Lipinski definition) is 3. The van der Waals surface area contributed by atoms with Crippen LogP contribution in [0.3, 0.4) is 0 Å². The van der Waals surface area contributed by atoms with Crippen molar-refractivity contribution in [3.05, 3.63) is 71.9 Å². The van der Waals surface area contributed by atoms with Gasteiger partial charge < -0.3 is 11.1 Å². The number of carbonyl (C=O) groups is 2. The molecule has 0 atom stereocenters. The smallest absolute Gasteiger partial charge is 0.256 e. The molecule has 3 N–H and O–H groups in total. The molecule has 0 spiro atoms. The zero-order valence-electron chi connectivity index (χ0n) is 13.1. The molecule has 0 unspecified atom stereocenters. The number of aryl methyl sites for hydroxylation is 1. The van der Waals surface area contributed by atoms with E-state index >= 15 is 0 Å². The van der Waals surface area contributed by atoms with Crippen molar-refractivity contribution in [1.29, 1.82) is 0 Å². The lowest BCUT2D eigenvalue weighted by Crippen LogP contribution is -2.14. The maximum atomic E-state index is 12.4. The molecular formula is C18H16N4O2. The van der Waals surface area contributed by atoms with Gasteiger partial charge in [0.1, 0.15) is 0 Å². The summed E-state index contributed by atoms with van der Waals surface area (Å²) in [6, 6.07) is 15.8. The van der Waals surface area contributed by atoms with Gasteiger partial charge in [-0.1, -0.05) is 36.4 Å². The molecule has 3 rings (SSSR count).